The molecule has 6 nitrogen and oxygen atoms in total. The molecule has 1 amide bonds. The number of carbonyl (C=O) groups excluding carboxylic acids is 1. The molecule has 1 N–H and O–H groups in total. The predicted molar refractivity (Wildman–Crippen MR) is 116 cm³/mol. The van der Waals surface area contributed by atoms with Crippen molar-refractivity contribution in [2.24, 2.45) is 0 Å². The average Bonchev–Trinajstić information content (AvgIpc) is 3.22. The number of pyridine rings is 1. The summed E-state index contributed by atoms with van der Waals surface area (Å²) in [5.74, 6) is -0.283. The number of nitro benzene ring substituents is 1. The zero-order valence-electron chi connectivity index (χ0n) is 15.8. The van der Waals surface area contributed by atoms with E-state index in [-0.39, 0.29) is 11.6 Å². The average molecular weight is 403 g/mol. The second-order valence-electron chi connectivity index (χ2n) is 6.77. The van der Waals surface area contributed by atoms with E-state index in [1.165, 1.54) is 24.3 Å². The second-order valence-corrected chi connectivity index (χ2v) is 7.72. The van der Waals surface area contributed by atoms with Crippen molar-refractivity contribution in [2.45, 2.75) is 13.8 Å². The van der Waals surface area contributed by atoms with Crippen LogP contribution in [0.15, 0.2) is 60.0 Å². The predicted octanol–water partition coefficient (Wildman–Crippen LogP) is 5.74. The number of benzene rings is 2. The monoisotopic (exact) mass is 403 g/mol. The molecule has 0 atom stereocenters. The standard InChI is InChI=1S/C22H17N3O3S/c1-13-10-14(2)21-17(11-13)18(12-19(24-21)20-4-3-9-29-20)22(26)23-15-5-7-16(8-6-15)25(27)28/h3-12H,1-2H3,(H,23,26). The molecule has 4 rings (SSSR count). The van der Waals surface area contributed by atoms with Gasteiger partial charge in [-0.05, 0) is 55.1 Å². The van der Waals surface area contributed by atoms with Crippen molar-refractivity contribution in [1.82, 2.24) is 4.98 Å². The Balaban J connectivity index is 1.80. The van der Waals surface area contributed by atoms with Gasteiger partial charge in [0, 0.05) is 23.2 Å². The van der Waals surface area contributed by atoms with Gasteiger partial charge >= 0.3 is 0 Å². The summed E-state index contributed by atoms with van der Waals surface area (Å²) in [6, 6.07) is 15.5. The Morgan fingerprint density at radius 1 is 1.10 bits per heavy atom. The van der Waals surface area contributed by atoms with Gasteiger partial charge in [0.25, 0.3) is 11.6 Å². The Labute approximate surface area is 171 Å². The topological polar surface area (TPSA) is 85.1 Å². The summed E-state index contributed by atoms with van der Waals surface area (Å²) in [6.45, 7) is 3.97. The summed E-state index contributed by atoms with van der Waals surface area (Å²) in [5, 5.41) is 16.4. The third-order valence-corrected chi connectivity index (χ3v) is 5.49. The number of carbonyl (C=O) groups is 1. The number of anilines is 1. The molecule has 4 aromatic rings. The maximum Gasteiger partial charge on any atom is 0.269 e. The van der Waals surface area contributed by atoms with Crippen molar-refractivity contribution < 1.29 is 9.72 Å². The van der Waals surface area contributed by atoms with E-state index >= 15 is 0 Å². The fourth-order valence-corrected chi connectivity index (χ4v) is 3.97. The van der Waals surface area contributed by atoms with Crippen LogP contribution in [0.5, 0.6) is 0 Å². The number of aromatic nitrogens is 1. The van der Waals surface area contributed by atoms with Gasteiger partial charge in [-0.15, -0.1) is 11.3 Å². The molecule has 7 heteroatoms. The molecule has 0 fully saturated rings. The Morgan fingerprint density at radius 2 is 1.86 bits per heavy atom. The molecule has 2 aromatic heterocycles. The van der Waals surface area contributed by atoms with Crippen LogP contribution in [-0.2, 0) is 0 Å². The van der Waals surface area contributed by atoms with E-state index < -0.39 is 4.92 Å². The number of fused-ring (bicyclic) bond motifs is 1. The van der Waals surface area contributed by atoms with Crippen LogP contribution in [0.1, 0.15) is 21.5 Å². The second kappa shape index (κ2) is 7.44. The number of thiophene rings is 1. The number of rotatable bonds is 4. The number of hydrogen-bond donors (Lipinski definition) is 1. The van der Waals surface area contributed by atoms with E-state index in [9.17, 15) is 14.9 Å². The molecule has 0 radical (unpaired) electrons. The fraction of sp³-hybridized carbons (Fsp3) is 0.0909. The third-order valence-electron chi connectivity index (χ3n) is 4.60. The minimum absolute atomic E-state index is 0.0245. The first kappa shape index (κ1) is 18.8. The van der Waals surface area contributed by atoms with E-state index in [4.69, 9.17) is 4.98 Å². The van der Waals surface area contributed by atoms with E-state index in [0.717, 1.165) is 32.6 Å². The van der Waals surface area contributed by atoms with Crippen LogP contribution < -0.4 is 5.32 Å². The van der Waals surface area contributed by atoms with Crippen LogP contribution >= 0.6 is 11.3 Å². The minimum atomic E-state index is -0.471. The summed E-state index contributed by atoms with van der Waals surface area (Å²) in [5.41, 5.74) is 4.57. The normalized spacial score (nSPS) is 10.8. The lowest BCUT2D eigenvalue weighted by atomic mass is 10.0. The van der Waals surface area contributed by atoms with Crippen LogP contribution in [0, 0.1) is 24.0 Å². The highest BCUT2D eigenvalue weighted by atomic mass is 32.1. The molecular weight excluding hydrogens is 386 g/mol. The van der Waals surface area contributed by atoms with E-state index in [1.54, 1.807) is 17.4 Å². The molecule has 29 heavy (non-hydrogen) atoms. The van der Waals surface area contributed by atoms with Crippen molar-refractivity contribution in [3.8, 4) is 10.6 Å². The van der Waals surface area contributed by atoms with Crippen molar-refractivity contribution in [3.05, 3.63) is 86.8 Å². The highest BCUT2D eigenvalue weighted by molar-refractivity contribution is 7.13. The number of hydrogen-bond acceptors (Lipinski definition) is 5. The van der Waals surface area contributed by atoms with Gasteiger partial charge in [-0.2, -0.15) is 0 Å². The van der Waals surface area contributed by atoms with E-state index in [0.29, 0.717) is 11.3 Å². The lowest BCUT2D eigenvalue weighted by molar-refractivity contribution is -0.384. The van der Waals surface area contributed by atoms with E-state index in [1.807, 2.05) is 43.5 Å². The van der Waals surface area contributed by atoms with Crippen molar-refractivity contribution >= 4 is 39.5 Å². The molecule has 144 valence electrons. The first-order valence-electron chi connectivity index (χ1n) is 8.94. The first-order valence-corrected chi connectivity index (χ1v) is 9.82. The van der Waals surface area contributed by atoms with Gasteiger partial charge in [0.15, 0.2) is 0 Å². The van der Waals surface area contributed by atoms with E-state index in [2.05, 4.69) is 5.32 Å². The quantitative estimate of drug-likeness (QED) is 0.348. The largest absolute Gasteiger partial charge is 0.322 e. The Bertz CT molecular complexity index is 1230. The maximum atomic E-state index is 13.1. The highest BCUT2D eigenvalue weighted by Crippen LogP contribution is 2.30. The maximum absolute atomic E-state index is 13.1. The molecule has 0 aliphatic heterocycles. The zero-order valence-corrected chi connectivity index (χ0v) is 16.6. The number of non-ortho nitro benzene ring substituents is 1. The molecule has 2 heterocycles. The van der Waals surface area contributed by atoms with Gasteiger partial charge in [0.2, 0.25) is 0 Å². The lowest BCUT2D eigenvalue weighted by Gasteiger charge is -2.12. The van der Waals surface area contributed by atoms with Gasteiger partial charge < -0.3 is 5.32 Å². The Kier molecular flexibility index (Phi) is 4.82. The van der Waals surface area contributed by atoms with Crippen LogP contribution in [0.25, 0.3) is 21.5 Å². The van der Waals surface area contributed by atoms with Gasteiger partial charge in [-0.3, -0.25) is 14.9 Å². The fourth-order valence-electron chi connectivity index (χ4n) is 3.28. The summed E-state index contributed by atoms with van der Waals surface area (Å²) in [7, 11) is 0. The molecule has 2 aromatic carbocycles. The Morgan fingerprint density at radius 3 is 2.52 bits per heavy atom. The SMILES string of the molecule is Cc1cc(C)c2nc(-c3cccs3)cc(C(=O)Nc3ccc([N+](=O)[O-])cc3)c2c1. The molecule has 0 bridgehead atoms. The van der Waals surface area contributed by atoms with Gasteiger partial charge in [0.05, 0.1) is 26.6 Å². The number of aryl methyl sites for hydroxylation is 2. The molecule has 0 spiro atoms. The van der Waals surface area contributed by atoms with Crippen molar-refractivity contribution in [1.29, 1.82) is 0 Å². The molecule has 0 saturated heterocycles. The number of amides is 1. The molecule has 0 aliphatic rings. The minimum Gasteiger partial charge on any atom is -0.322 e. The number of nitrogens with zero attached hydrogens (tertiary/aromatic N) is 2. The van der Waals surface area contributed by atoms with Crippen LogP contribution in [0.3, 0.4) is 0 Å². The number of nitro groups is 1. The first-order chi connectivity index (χ1) is 13.9. The molecular formula is C22H17N3O3S. The van der Waals surface area contributed by atoms with Gasteiger partial charge in [0.1, 0.15) is 0 Å². The zero-order chi connectivity index (χ0) is 20.5. The number of nitrogens with one attached hydrogen (secondary N) is 1. The summed E-state index contributed by atoms with van der Waals surface area (Å²) < 4.78 is 0. The van der Waals surface area contributed by atoms with Crippen molar-refractivity contribution in [3.63, 3.8) is 0 Å². The molecule has 0 aliphatic carbocycles. The molecule has 0 saturated carbocycles. The lowest BCUT2D eigenvalue weighted by Crippen LogP contribution is -2.13. The van der Waals surface area contributed by atoms with Gasteiger partial charge in [-0.25, -0.2) is 4.98 Å². The van der Waals surface area contributed by atoms with Crippen LogP contribution in [0.2, 0.25) is 0 Å². The van der Waals surface area contributed by atoms with Crippen LogP contribution in [0.4, 0.5) is 11.4 Å². The molecule has 0 unspecified atom stereocenters. The Hall–Kier alpha value is -3.58. The summed E-state index contributed by atoms with van der Waals surface area (Å²) >= 11 is 1.56. The van der Waals surface area contributed by atoms with Crippen molar-refractivity contribution in [2.75, 3.05) is 5.32 Å². The van der Waals surface area contributed by atoms with Crippen LogP contribution in [-0.4, -0.2) is 15.8 Å². The van der Waals surface area contributed by atoms with Gasteiger partial charge in [-0.1, -0.05) is 17.7 Å². The highest BCUT2D eigenvalue weighted by Gasteiger charge is 2.17. The summed E-state index contributed by atoms with van der Waals surface area (Å²) in [6.07, 6.45) is 0. The smallest absolute Gasteiger partial charge is 0.269 e. The summed E-state index contributed by atoms with van der Waals surface area (Å²) in [4.78, 5) is 29.3. The third kappa shape index (κ3) is 3.72.